The monoisotopic (exact) mass is 205 g/mol. The van der Waals surface area contributed by atoms with E-state index in [1.807, 2.05) is 31.2 Å². The maximum absolute atomic E-state index is 11.1. The van der Waals surface area contributed by atoms with Gasteiger partial charge in [-0.25, -0.2) is 0 Å². The predicted octanol–water partition coefficient (Wildman–Crippen LogP) is 2.06. The van der Waals surface area contributed by atoms with E-state index in [0.717, 1.165) is 11.3 Å². The van der Waals surface area contributed by atoms with Gasteiger partial charge in [0.05, 0.1) is 13.2 Å². The topological polar surface area (TPSA) is 38.3 Å². The van der Waals surface area contributed by atoms with Gasteiger partial charge < -0.3 is 10.1 Å². The number of nitrogens with one attached hydrogen (secondary N) is 1. The summed E-state index contributed by atoms with van der Waals surface area (Å²) in [6.07, 6.45) is 1.26. The molecule has 1 rings (SSSR count). The van der Waals surface area contributed by atoms with Gasteiger partial charge in [0.2, 0.25) is 5.91 Å². The first kappa shape index (κ1) is 11.3. The lowest BCUT2D eigenvalue weighted by Crippen LogP contribution is -2.24. The normalized spacial score (nSPS) is 11.6. The van der Waals surface area contributed by atoms with Crippen LogP contribution in [0.2, 0.25) is 0 Å². The van der Waals surface area contributed by atoms with E-state index in [1.54, 1.807) is 7.11 Å². The third-order valence-corrected chi connectivity index (χ3v) is 2.14. The third kappa shape index (κ3) is 3.13. The van der Waals surface area contributed by atoms with Crippen LogP contribution in [0.1, 0.15) is 18.5 Å². The molecular formula is C12H15NO2. The van der Waals surface area contributed by atoms with Gasteiger partial charge in [0, 0.05) is 0 Å². The quantitative estimate of drug-likeness (QED) is 0.764. The maximum atomic E-state index is 11.1. The number of hydrogen-bond acceptors (Lipinski definition) is 2. The van der Waals surface area contributed by atoms with Crippen molar-refractivity contribution < 1.29 is 9.53 Å². The van der Waals surface area contributed by atoms with E-state index in [9.17, 15) is 4.79 Å². The minimum absolute atomic E-state index is 0.0504. The molecular weight excluding hydrogens is 190 g/mol. The van der Waals surface area contributed by atoms with Crippen LogP contribution in [0.5, 0.6) is 5.75 Å². The zero-order valence-electron chi connectivity index (χ0n) is 8.99. The smallest absolute Gasteiger partial charge is 0.243 e. The Morgan fingerprint density at radius 2 is 2.33 bits per heavy atom. The molecule has 0 bridgehead atoms. The van der Waals surface area contributed by atoms with Gasteiger partial charge in [0.15, 0.2) is 0 Å². The first-order valence-electron chi connectivity index (χ1n) is 4.74. The van der Waals surface area contributed by atoms with Gasteiger partial charge in [0.25, 0.3) is 0 Å². The standard InChI is InChI=1S/C12H15NO2/c1-4-12(14)13-9(2)10-6-5-7-11(8-10)15-3/h4-9H,1H2,2-3H3,(H,13,14)/t9-/m1/s1. The van der Waals surface area contributed by atoms with Crippen molar-refractivity contribution in [1.82, 2.24) is 5.32 Å². The number of carbonyl (C=O) groups is 1. The van der Waals surface area contributed by atoms with Crippen molar-refractivity contribution in [3.63, 3.8) is 0 Å². The number of carbonyl (C=O) groups excluding carboxylic acids is 1. The van der Waals surface area contributed by atoms with E-state index in [4.69, 9.17) is 4.74 Å². The van der Waals surface area contributed by atoms with Gasteiger partial charge >= 0.3 is 0 Å². The van der Waals surface area contributed by atoms with Crippen LogP contribution in [0.25, 0.3) is 0 Å². The van der Waals surface area contributed by atoms with Gasteiger partial charge in [-0.1, -0.05) is 18.7 Å². The zero-order chi connectivity index (χ0) is 11.3. The first-order chi connectivity index (χ1) is 7.17. The summed E-state index contributed by atoms with van der Waals surface area (Å²) in [6.45, 7) is 5.32. The van der Waals surface area contributed by atoms with Gasteiger partial charge in [0.1, 0.15) is 5.75 Å². The molecule has 15 heavy (non-hydrogen) atoms. The van der Waals surface area contributed by atoms with Crippen molar-refractivity contribution in [3.05, 3.63) is 42.5 Å². The van der Waals surface area contributed by atoms with Crippen LogP contribution >= 0.6 is 0 Å². The Kier molecular flexibility index (Phi) is 3.92. The third-order valence-electron chi connectivity index (χ3n) is 2.14. The molecule has 3 nitrogen and oxygen atoms in total. The average molecular weight is 205 g/mol. The van der Waals surface area contributed by atoms with E-state index in [-0.39, 0.29) is 11.9 Å². The Balaban J connectivity index is 2.76. The molecule has 0 heterocycles. The van der Waals surface area contributed by atoms with E-state index >= 15 is 0 Å². The Bertz CT molecular complexity index is 360. The fourth-order valence-corrected chi connectivity index (χ4v) is 1.27. The van der Waals surface area contributed by atoms with Crippen LogP contribution < -0.4 is 10.1 Å². The van der Waals surface area contributed by atoms with Crippen LogP contribution in [-0.4, -0.2) is 13.0 Å². The van der Waals surface area contributed by atoms with Crippen molar-refractivity contribution in [2.24, 2.45) is 0 Å². The summed E-state index contributed by atoms with van der Waals surface area (Å²) in [4.78, 5) is 11.1. The van der Waals surface area contributed by atoms with Crippen molar-refractivity contribution in [2.45, 2.75) is 13.0 Å². The van der Waals surface area contributed by atoms with Crippen molar-refractivity contribution in [3.8, 4) is 5.75 Å². The molecule has 0 fully saturated rings. The number of amides is 1. The Hall–Kier alpha value is -1.77. The summed E-state index contributed by atoms with van der Waals surface area (Å²) in [5.74, 6) is 0.609. The predicted molar refractivity (Wildman–Crippen MR) is 59.7 cm³/mol. The second-order valence-electron chi connectivity index (χ2n) is 3.21. The highest BCUT2D eigenvalue weighted by atomic mass is 16.5. The van der Waals surface area contributed by atoms with Crippen LogP contribution in [0.3, 0.4) is 0 Å². The highest BCUT2D eigenvalue weighted by Gasteiger charge is 2.07. The Morgan fingerprint density at radius 3 is 2.93 bits per heavy atom. The second kappa shape index (κ2) is 5.20. The molecule has 3 heteroatoms. The fourth-order valence-electron chi connectivity index (χ4n) is 1.27. The SMILES string of the molecule is C=CC(=O)N[C@H](C)c1cccc(OC)c1. The van der Waals surface area contributed by atoms with E-state index in [1.165, 1.54) is 6.08 Å². The highest BCUT2D eigenvalue weighted by Crippen LogP contribution is 2.18. The molecule has 0 saturated heterocycles. The largest absolute Gasteiger partial charge is 0.497 e. The van der Waals surface area contributed by atoms with Crippen LogP contribution in [0.4, 0.5) is 0 Å². The Morgan fingerprint density at radius 1 is 1.60 bits per heavy atom. The molecule has 0 saturated carbocycles. The second-order valence-corrected chi connectivity index (χ2v) is 3.21. The maximum Gasteiger partial charge on any atom is 0.243 e. The summed E-state index contributed by atoms with van der Waals surface area (Å²) >= 11 is 0. The highest BCUT2D eigenvalue weighted by molar-refractivity contribution is 5.87. The zero-order valence-corrected chi connectivity index (χ0v) is 8.99. The molecule has 0 spiro atoms. The molecule has 0 radical (unpaired) electrons. The molecule has 80 valence electrons. The van der Waals surface area contributed by atoms with Crippen molar-refractivity contribution in [2.75, 3.05) is 7.11 Å². The minimum Gasteiger partial charge on any atom is -0.497 e. The summed E-state index contributed by atoms with van der Waals surface area (Å²) < 4.78 is 5.10. The molecule has 0 aromatic heterocycles. The molecule has 0 aliphatic rings. The molecule has 1 aromatic carbocycles. The number of benzene rings is 1. The number of rotatable bonds is 4. The van der Waals surface area contributed by atoms with Crippen molar-refractivity contribution in [1.29, 1.82) is 0 Å². The van der Waals surface area contributed by atoms with Gasteiger partial charge in [-0.15, -0.1) is 0 Å². The molecule has 1 N–H and O–H groups in total. The molecule has 1 atom stereocenters. The van der Waals surface area contributed by atoms with E-state index in [0.29, 0.717) is 0 Å². The molecule has 1 amide bonds. The molecule has 0 unspecified atom stereocenters. The van der Waals surface area contributed by atoms with Crippen LogP contribution in [-0.2, 0) is 4.79 Å². The molecule has 0 aliphatic carbocycles. The van der Waals surface area contributed by atoms with Crippen molar-refractivity contribution >= 4 is 5.91 Å². The van der Waals surface area contributed by atoms with Gasteiger partial charge in [-0.05, 0) is 30.7 Å². The summed E-state index contributed by atoms with van der Waals surface area (Å²) in [7, 11) is 1.62. The lowest BCUT2D eigenvalue weighted by Gasteiger charge is -2.13. The Labute approximate surface area is 89.8 Å². The number of ether oxygens (including phenoxy) is 1. The number of hydrogen-bond donors (Lipinski definition) is 1. The van der Waals surface area contributed by atoms with Gasteiger partial charge in [-0.3, -0.25) is 4.79 Å². The summed E-state index contributed by atoms with van der Waals surface area (Å²) in [6, 6.07) is 7.55. The van der Waals surface area contributed by atoms with E-state index < -0.39 is 0 Å². The summed E-state index contributed by atoms with van der Waals surface area (Å²) in [5, 5.41) is 2.78. The lowest BCUT2D eigenvalue weighted by molar-refractivity contribution is -0.117. The summed E-state index contributed by atoms with van der Waals surface area (Å²) in [5.41, 5.74) is 1.00. The van der Waals surface area contributed by atoms with Crippen LogP contribution in [0, 0.1) is 0 Å². The minimum atomic E-state index is -0.176. The fraction of sp³-hybridized carbons (Fsp3) is 0.250. The lowest BCUT2D eigenvalue weighted by atomic mass is 10.1. The molecule has 0 aliphatic heterocycles. The van der Waals surface area contributed by atoms with E-state index in [2.05, 4.69) is 11.9 Å². The first-order valence-corrected chi connectivity index (χ1v) is 4.74. The average Bonchev–Trinajstić information content (AvgIpc) is 2.28. The van der Waals surface area contributed by atoms with Crippen LogP contribution in [0.15, 0.2) is 36.9 Å². The molecule has 1 aromatic rings. The number of methoxy groups -OCH3 is 1. The van der Waals surface area contributed by atoms with Gasteiger partial charge in [-0.2, -0.15) is 0 Å².